The molecular formula is C13H13BrN2O2. The highest BCUT2D eigenvalue weighted by Crippen LogP contribution is 2.22. The number of aryl methyl sites for hydroxylation is 3. The molecular weight excluding hydrogens is 296 g/mol. The fraction of sp³-hybridized carbons (Fsp3) is 0.231. The molecule has 1 amide bonds. The third-order valence-electron chi connectivity index (χ3n) is 2.56. The standard InChI is InChI=1S/C13H13BrN2O2/c1-7-4-5-10(14)6-11(7)16-13(17)12-8(2)15-9(3)18-12/h4-6H,1-3H3,(H,16,17). The Morgan fingerprint density at radius 2 is 2.06 bits per heavy atom. The van der Waals surface area contributed by atoms with E-state index in [1.165, 1.54) is 0 Å². The lowest BCUT2D eigenvalue weighted by atomic mass is 10.2. The number of nitrogens with one attached hydrogen (secondary N) is 1. The topological polar surface area (TPSA) is 55.1 Å². The van der Waals surface area contributed by atoms with Crippen molar-refractivity contribution in [1.29, 1.82) is 0 Å². The van der Waals surface area contributed by atoms with Crippen LogP contribution in [0.1, 0.15) is 27.7 Å². The summed E-state index contributed by atoms with van der Waals surface area (Å²) in [6, 6.07) is 5.71. The third kappa shape index (κ3) is 2.61. The van der Waals surface area contributed by atoms with Crippen molar-refractivity contribution >= 4 is 27.5 Å². The summed E-state index contributed by atoms with van der Waals surface area (Å²) in [6.07, 6.45) is 0. The molecule has 94 valence electrons. The van der Waals surface area contributed by atoms with E-state index in [1.807, 2.05) is 25.1 Å². The summed E-state index contributed by atoms with van der Waals surface area (Å²) in [5, 5.41) is 2.82. The van der Waals surface area contributed by atoms with Crippen LogP contribution in [0.15, 0.2) is 27.1 Å². The average Bonchev–Trinajstić information content (AvgIpc) is 2.63. The zero-order valence-electron chi connectivity index (χ0n) is 10.4. The highest BCUT2D eigenvalue weighted by Gasteiger charge is 2.16. The van der Waals surface area contributed by atoms with Gasteiger partial charge in [0.2, 0.25) is 5.76 Å². The molecule has 1 aromatic carbocycles. The van der Waals surface area contributed by atoms with E-state index in [-0.39, 0.29) is 11.7 Å². The highest BCUT2D eigenvalue weighted by molar-refractivity contribution is 9.10. The van der Waals surface area contributed by atoms with Crippen LogP contribution in [0.4, 0.5) is 5.69 Å². The van der Waals surface area contributed by atoms with Crippen LogP contribution in [0.3, 0.4) is 0 Å². The quantitative estimate of drug-likeness (QED) is 0.922. The van der Waals surface area contributed by atoms with Gasteiger partial charge in [0, 0.05) is 17.1 Å². The molecule has 0 aliphatic heterocycles. The lowest BCUT2D eigenvalue weighted by Crippen LogP contribution is -2.13. The Bertz CT molecular complexity index is 605. The normalized spacial score (nSPS) is 10.4. The minimum atomic E-state index is -0.283. The first-order valence-corrected chi connectivity index (χ1v) is 6.28. The van der Waals surface area contributed by atoms with E-state index >= 15 is 0 Å². The number of anilines is 1. The zero-order valence-corrected chi connectivity index (χ0v) is 12.0. The Labute approximate surface area is 114 Å². The molecule has 0 bridgehead atoms. The predicted molar refractivity (Wildman–Crippen MR) is 72.8 cm³/mol. The van der Waals surface area contributed by atoms with Crippen molar-refractivity contribution in [2.24, 2.45) is 0 Å². The van der Waals surface area contributed by atoms with E-state index in [4.69, 9.17) is 4.42 Å². The van der Waals surface area contributed by atoms with Crippen LogP contribution in [0.5, 0.6) is 0 Å². The summed E-state index contributed by atoms with van der Waals surface area (Å²) < 4.78 is 6.19. The average molecular weight is 309 g/mol. The van der Waals surface area contributed by atoms with Crippen LogP contribution >= 0.6 is 15.9 Å². The van der Waals surface area contributed by atoms with Gasteiger partial charge in [0.25, 0.3) is 5.91 Å². The van der Waals surface area contributed by atoms with Gasteiger partial charge in [-0.1, -0.05) is 22.0 Å². The minimum Gasteiger partial charge on any atom is -0.436 e. The molecule has 0 atom stereocenters. The van der Waals surface area contributed by atoms with E-state index < -0.39 is 0 Å². The molecule has 2 aromatic rings. The fourth-order valence-corrected chi connectivity index (χ4v) is 2.01. The van der Waals surface area contributed by atoms with Crippen LogP contribution in [-0.4, -0.2) is 10.9 Å². The van der Waals surface area contributed by atoms with E-state index in [9.17, 15) is 4.79 Å². The number of halogens is 1. The molecule has 18 heavy (non-hydrogen) atoms. The van der Waals surface area contributed by atoms with Crippen LogP contribution in [0.25, 0.3) is 0 Å². The second kappa shape index (κ2) is 4.94. The van der Waals surface area contributed by atoms with Crippen molar-refractivity contribution in [2.75, 3.05) is 5.32 Å². The molecule has 0 radical (unpaired) electrons. The van der Waals surface area contributed by atoms with Gasteiger partial charge in [0.15, 0.2) is 5.89 Å². The summed E-state index contributed by atoms with van der Waals surface area (Å²) in [6.45, 7) is 5.40. The molecule has 1 N–H and O–H groups in total. The van der Waals surface area contributed by atoms with Crippen molar-refractivity contribution in [3.8, 4) is 0 Å². The smallest absolute Gasteiger partial charge is 0.293 e. The Balaban J connectivity index is 2.26. The second-order valence-corrected chi connectivity index (χ2v) is 4.98. The largest absolute Gasteiger partial charge is 0.436 e. The van der Waals surface area contributed by atoms with Gasteiger partial charge in [-0.05, 0) is 31.5 Å². The minimum absolute atomic E-state index is 0.256. The number of amides is 1. The lowest BCUT2D eigenvalue weighted by molar-refractivity contribution is 0.0994. The number of carbonyl (C=O) groups excluding carboxylic acids is 1. The first-order chi connectivity index (χ1) is 8.47. The van der Waals surface area contributed by atoms with Crippen molar-refractivity contribution < 1.29 is 9.21 Å². The maximum absolute atomic E-state index is 12.1. The summed E-state index contributed by atoms with van der Waals surface area (Å²) >= 11 is 3.37. The zero-order chi connectivity index (χ0) is 13.3. The van der Waals surface area contributed by atoms with Gasteiger partial charge in [0.05, 0.1) is 5.69 Å². The molecule has 0 fully saturated rings. The van der Waals surface area contributed by atoms with Crippen molar-refractivity contribution in [2.45, 2.75) is 20.8 Å². The van der Waals surface area contributed by atoms with Crippen LogP contribution in [0, 0.1) is 20.8 Å². The first kappa shape index (κ1) is 12.8. The highest BCUT2D eigenvalue weighted by atomic mass is 79.9. The number of oxazole rings is 1. The maximum Gasteiger partial charge on any atom is 0.293 e. The molecule has 1 heterocycles. The number of rotatable bonds is 2. The van der Waals surface area contributed by atoms with Crippen molar-refractivity contribution in [3.05, 3.63) is 45.6 Å². The molecule has 0 spiro atoms. The Morgan fingerprint density at radius 3 is 2.67 bits per heavy atom. The van der Waals surface area contributed by atoms with E-state index in [0.29, 0.717) is 11.6 Å². The van der Waals surface area contributed by atoms with Gasteiger partial charge in [-0.3, -0.25) is 4.79 Å². The van der Waals surface area contributed by atoms with Gasteiger partial charge in [0.1, 0.15) is 0 Å². The summed E-state index contributed by atoms with van der Waals surface area (Å²) in [5.74, 6) is 0.463. The number of carbonyl (C=O) groups is 1. The van der Waals surface area contributed by atoms with Gasteiger partial charge >= 0.3 is 0 Å². The summed E-state index contributed by atoms with van der Waals surface area (Å²) in [7, 11) is 0. The molecule has 2 rings (SSSR count). The molecule has 0 saturated carbocycles. The predicted octanol–water partition coefficient (Wildman–Crippen LogP) is 3.61. The second-order valence-electron chi connectivity index (χ2n) is 4.06. The van der Waals surface area contributed by atoms with Gasteiger partial charge in [-0.15, -0.1) is 0 Å². The van der Waals surface area contributed by atoms with Gasteiger partial charge < -0.3 is 9.73 Å². The number of aromatic nitrogens is 1. The van der Waals surface area contributed by atoms with Gasteiger partial charge in [-0.2, -0.15) is 0 Å². The SMILES string of the molecule is Cc1nc(C)c(C(=O)Nc2cc(Br)ccc2C)o1. The van der Waals surface area contributed by atoms with Crippen molar-refractivity contribution in [3.63, 3.8) is 0 Å². The van der Waals surface area contributed by atoms with E-state index in [0.717, 1.165) is 15.7 Å². The first-order valence-electron chi connectivity index (χ1n) is 5.49. The van der Waals surface area contributed by atoms with Crippen LogP contribution in [0.2, 0.25) is 0 Å². The molecule has 4 nitrogen and oxygen atoms in total. The van der Waals surface area contributed by atoms with Crippen LogP contribution < -0.4 is 5.32 Å². The number of hydrogen-bond donors (Lipinski definition) is 1. The number of benzene rings is 1. The maximum atomic E-state index is 12.1. The van der Waals surface area contributed by atoms with Crippen LogP contribution in [-0.2, 0) is 0 Å². The van der Waals surface area contributed by atoms with E-state index in [2.05, 4.69) is 26.2 Å². The lowest BCUT2D eigenvalue weighted by Gasteiger charge is -2.07. The number of hydrogen-bond acceptors (Lipinski definition) is 3. The Kier molecular flexibility index (Phi) is 3.52. The van der Waals surface area contributed by atoms with Crippen molar-refractivity contribution in [1.82, 2.24) is 4.98 Å². The summed E-state index contributed by atoms with van der Waals surface area (Å²) in [4.78, 5) is 16.1. The van der Waals surface area contributed by atoms with E-state index in [1.54, 1.807) is 13.8 Å². The fourth-order valence-electron chi connectivity index (χ4n) is 1.65. The summed E-state index contributed by atoms with van der Waals surface area (Å²) in [5.41, 5.74) is 2.33. The monoisotopic (exact) mass is 308 g/mol. The molecule has 0 aliphatic rings. The molecule has 1 aromatic heterocycles. The molecule has 0 aliphatic carbocycles. The number of nitrogens with zero attached hydrogens (tertiary/aromatic N) is 1. The molecule has 0 unspecified atom stereocenters. The third-order valence-corrected chi connectivity index (χ3v) is 3.05. The van der Waals surface area contributed by atoms with Gasteiger partial charge in [-0.25, -0.2) is 4.98 Å². The molecule has 0 saturated heterocycles. The Hall–Kier alpha value is -1.62. The molecule has 5 heteroatoms. The Morgan fingerprint density at radius 1 is 1.33 bits per heavy atom.